The molecule has 0 saturated carbocycles. The predicted octanol–water partition coefficient (Wildman–Crippen LogP) is 5.06. The number of carbonyl (C=O) groups is 2. The molecule has 1 atom stereocenters. The average molecular weight is 562 g/mol. The molecule has 0 aliphatic carbocycles. The van der Waals surface area contributed by atoms with Crippen LogP contribution in [0.4, 0.5) is 0 Å². The van der Waals surface area contributed by atoms with Crippen LogP contribution in [0.5, 0.6) is 23.0 Å². The molecular formula is C32H35NO8. The van der Waals surface area contributed by atoms with Crippen LogP contribution in [-0.4, -0.2) is 63.3 Å². The number of aliphatic hydroxyl groups is 1. The molecule has 0 bridgehead atoms. The van der Waals surface area contributed by atoms with Crippen molar-refractivity contribution in [3.63, 3.8) is 0 Å². The Balaban J connectivity index is 1.73. The van der Waals surface area contributed by atoms with Crippen LogP contribution in [0, 0.1) is 6.92 Å². The molecule has 0 aromatic heterocycles. The zero-order valence-electron chi connectivity index (χ0n) is 23.9. The number of carbonyl (C=O) groups excluding carboxylic acids is 2. The van der Waals surface area contributed by atoms with Crippen LogP contribution in [0.15, 0.2) is 66.2 Å². The summed E-state index contributed by atoms with van der Waals surface area (Å²) < 4.78 is 27.5. The minimum absolute atomic E-state index is 0.0323. The summed E-state index contributed by atoms with van der Waals surface area (Å²) in [7, 11) is 6.03. The second-order valence-electron chi connectivity index (χ2n) is 9.60. The molecule has 0 spiro atoms. The van der Waals surface area contributed by atoms with Gasteiger partial charge < -0.3 is 33.7 Å². The third-order valence-corrected chi connectivity index (χ3v) is 6.91. The highest BCUT2D eigenvalue weighted by atomic mass is 16.5. The summed E-state index contributed by atoms with van der Waals surface area (Å²) in [5.41, 5.74) is 3.05. The number of hydrogen-bond acceptors (Lipinski definition) is 8. The van der Waals surface area contributed by atoms with E-state index in [9.17, 15) is 14.7 Å². The van der Waals surface area contributed by atoms with Gasteiger partial charge in [-0.25, -0.2) is 0 Å². The molecule has 1 unspecified atom stereocenters. The normalized spacial score (nSPS) is 16.1. The monoisotopic (exact) mass is 561 g/mol. The van der Waals surface area contributed by atoms with E-state index in [0.29, 0.717) is 53.8 Å². The molecule has 1 heterocycles. The van der Waals surface area contributed by atoms with Crippen molar-refractivity contribution in [2.24, 2.45) is 0 Å². The van der Waals surface area contributed by atoms with E-state index in [-0.39, 0.29) is 17.9 Å². The van der Waals surface area contributed by atoms with Gasteiger partial charge in [0.25, 0.3) is 11.7 Å². The Morgan fingerprint density at radius 3 is 2.17 bits per heavy atom. The van der Waals surface area contributed by atoms with Crippen molar-refractivity contribution < 1.29 is 38.4 Å². The third-order valence-electron chi connectivity index (χ3n) is 6.91. The molecule has 3 aromatic rings. The van der Waals surface area contributed by atoms with E-state index in [1.165, 1.54) is 26.2 Å². The summed E-state index contributed by atoms with van der Waals surface area (Å²) >= 11 is 0. The first-order chi connectivity index (χ1) is 19.8. The summed E-state index contributed by atoms with van der Waals surface area (Å²) in [6, 6.07) is 17.2. The zero-order valence-corrected chi connectivity index (χ0v) is 23.9. The number of aliphatic hydroxyl groups excluding tert-OH is 1. The van der Waals surface area contributed by atoms with Crippen molar-refractivity contribution in [2.45, 2.75) is 26.0 Å². The number of hydrogen-bond donors (Lipinski definition) is 1. The van der Waals surface area contributed by atoms with E-state index < -0.39 is 17.7 Å². The summed E-state index contributed by atoms with van der Waals surface area (Å²) in [6.07, 6.45) is 0.497. The molecule has 1 fully saturated rings. The van der Waals surface area contributed by atoms with Gasteiger partial charge in [0.15, 0.2) is 11.5 Å². The Morgan fingerprint density at radius 1 is 0.902 bits per heavy atom. The number of aryl methyl sites for hydroxylation is 1. The van der Waals surface area contributed by atoms with E-state index in [1.807, 2.05) is 25.1 Å². The number of amides is 1. The van der Waals surface area contributed by atoms with Crippen molar-refractivity contribution in [1.82, 2.24) is 4.90 Å². The van der Waals surface area contributed by atoms with Gasteiger partial charge in [-0.1, -0.05) is 29.8 Å². The standard InChI is InChI=1S/C32H35NO8/c1-20-8-6-9-21(16-20)19-41-24-12-10-22(11-13-24)29(34)27-28(33(14-7-15-37-2)32(36)30(27)35)23-17-25(38-3)31(40-5)26(18-23)39-4/h6,8-13,16-18,28,34H,7,14-15,19H2,1-5H3. The highest BCUT2D eigenvalue weighted by molar-refractivity contribution is 6.46. The fourth-order valence-corrected chi connectivity index (χ4v) is 4.93. The van der Waals surface area contributed by atoms with E-state index in [4.69, 9.17) is 23.7 Å². The van der Waals surface area contributed by atoms with Gasteiger partial charge >= 0.3 is 0 Å². The Bertz CT molecular complexity index is 1400. The van der Waals surface area contributed by atoms with Gasteiger partial charge in [-0.2, -0.15) is 0 Å². The molecule has 1 N–H and O–H groups in total. The topological polar surface area (TPSA) is 104 Å². The number of ether oxygens (including phenoxy) is 5. The molecular weight excluding hydrogens is 526 g/mol. The summed E-state index contributed by atoms with van der Waals surface area (Å²) in [4.78, 5) is 28.1. The van der Waals surface area contributed by atoms with Crippen LogP contribution in [0.3, 0.4) is 0 Å². The number of methoxy groups -OCH3 is 4. The first-order valence-corrected chi connectivity index (χ1v) is 13.2. The van der Waals surface area contributed by atoms with E-state index in [2.05, 4.69) is 6.07 Å². The maximum atomic E-state index is 13.4. The summed E-state index contributed by atoms with van der Waals surface area (Å²) in [5.74, 6) is -0.0843. The van der Waals surface area contributed by atoms with Gasteiger partial charge in [-0.15, -0.1) is 0 Å². The van der Waals surface area contributed by atoms with Crippen LogP contribution in [0.1, 0.15) is 34.7 Å². The van der Waals surface area contributed by atoms with Gasteiger partial charge in [0.2, 0.25) is 5.75 Å². The number of likely N-dealkylation sites (tertiary alicyclic amines) is 1. The molecule has 3 aromatic carbocycles. The fraction of sp³-hybridized carbons (Fsp3) is 0.312. The lowest BCUT2D eigenvalue weighted by Crippen LogP contribution is -2.31. The quantitative estimate of drug-likeness (QED) is 0.142. The van der Waals surface area contributed by atoms with Crippen LogP contribution < -0.4 is 18.9 Å². The first-order valence-electron chi connectivity index (χ1n) is 13.2. The number of ketones is 1. The van der Waals surface area contributed by atoms with Crippen molar-refractivity contribution >= 4 is 17.4 Å². The number of Topliss-reactive ketones (excluding diaryl/α,β-unsaturated/α-hetero) is 1. The predicted molar refractivity (Wildman–Crippen MR) is 154 cm³/mol. The van der Waals surface area contributed by atoms with Crippen molar-refractivity contribution in [2.75, 3.05) is 41.6 Å². The zero-order chi connectivity index (χ0) is 29.5. The van der Waals surface area contributed by atoms with Gasteiger partial charge in [0.05, 0.1) is 32.9 Å². The van der Waals surface area contributed by atoms with Gasteiger partial charge in [0, 0.05) is 25.8 Å². The van der Waals surface area contributed by atoms with Gasteiger partial charge in [0.1, 0.15) is 18.1 Å². The molecule has 4 rings (SSSR count). The van der Waals surface area contributed by atoms with Crippen molar-refractivity contribution in [3.8, 4) is 23.0 Å². The average Bonchev–Trinajstić information content (AvgIpc) is 3.24. The first kappa shape index (κ1) is 29.5. The lowest BCUT2D eigenvalue weighted by Gasteiger charge is -2.26. The molecule has 1 aliphatic rings. The minimum Gasteiger partial charge on any atom is -0.507 e. The van der Waals surface area contributed by atoms with E-state index >= 15 is 0 Å². The number of rotatable bonds is 12. The smallest absolute Gasteiger partial charge is 0.295 e. The maximum Gasteiger partial charge on any atom is 0.295 e. The Morgan fingerprint density at radius 2 is 1.59 bits per heavy atom. The largest absolute Gasteiger partial charge is 0.507 e. The molecule has 9 heteroatoms. The Labute approximate surface area is 239 Å². The summed E-state index contributed by atoms with van der Waals surface area (Å²) in [5, 5.41) is 11.4. The van der Waals surface area contributed by atoms with Gasteiger partial charge in [-0.05, 0) is 60.9 Å². The lowest BCUT2D eigenvalue weighted by atomic mass is 9.94. The Kier molecular flexibility index (Phi) is 9.52. The molecule has 216 valence electrons. The Hall–Kier alpha value is -4.50. The highest BCUT2D eigenvalue weighted by Crippen LogP contribution is 2.45. The number of benzene rings is 3. The second-order valence-corrected chi connectivity index (χ2v) is 9.60. The van der Waals surface area contributed by atoms with E-state index in [0.717, 1.165) is 11.1 Å². The lowest BCUT2D eigenvalue weighted by molar-refractivity contribution is -0.140. The minimum atomic E-state index is -0.891. The number of nitrogens with zero attached hydrogens (tertiary/aromatic N) is 1. The third kappa shape index (κ3) is 6.30. The highest BCUT2D eigenvalue weighted by Gasteiger charge is 2.46. The summed E-state index contributed by atoms with van der Waals surface area (Å²) in [6.45, 7) is 3.05. The SMILES string of the molecule is COCCCN1C(=O)C(=O)C(=C(O)c2ccc(OCc3cccc(C)c3)cc2)C1c1cc(OC)c(OC)c(OC)c1. The molecule has 41 heavy (non-hydrogen) atoms. The van der Waals surface area contributed by atoms with Crippen molar-refractivity contribution in [3.05, 3.63) is 88.5 Å². The van der Waals surface area contributed by atoms with Gasteiger partial charge in [-0.3, -0.25) is 9.59 Å². The van der Waals surface area contributed by atoms with Crippen molar-refractivity contribution in [1.29, 1.82) is 0 Å². The van der Waals surface area contributed by atoms with Crippen LogP contribution >= 0.6 is 0 Å². The maximum absolute atomic E-state index is 13.4. The molecule has 1 aliphatic heterocycles. The van der Waals surface area contributed by atoms with Crippen LogP contribution in [-0.2, 0) is 20.9 Å². The molecule has 1 saturated heterocycles. The van der Waals surface area contributed by atoms with Crippen LogP contribution in [0.25, 0.3) is 5.76 Å². The molecule has 9 nitrogen and oxygen atoms in total. The molecule has 0 radical (unpaired) electrons. The fourth-order valence-electron chi connectivity index (χ4n) is 4.93. The second kappa shape index (κ2) is 13.2. The molecule has 1 amide bonds. The van der Waals surface area contributed by atoms with Crippen LogP contribution in [0.2, 0.25) is 0 Å². The van der Waals surface area contributed by atoms with E-state index in [1.54, 1.807) is 43.5 Å².